The van der Waals surface area contributed by atoms with Crippen LogP contribution in [0.3, 0.4) is 0 Å². The monoisotopic (exact) mass is 266 g/mol. The van der Waals surface area contributed by atoms with Crippen molar-refractivity contribution in [3.05, 3.63) is 30.2 Å². The van der Waals surface area contributed by atoms with Crippen LogP contribution in [0.15, 0.2) is 34.0 Å². The van der Waals surface area contributed by atoms with E-state index in [1.807, 2.05) is 12.3 Å². The van der Waals surface area contributed by atoms with Crippen LogP contribution in [-0.4, -0.2) is 20.9 Å². The Morgan fingerprint density at radius 1 is 1.41 bits per heavy atom. The van der Waals surface area contributed by atoms with Gasteiger partial charge >= 0.3 is 0 Å². The van der Waals surface area contributed by atoms with Crippen LogP contribution in [0.5, 0.6) is 0 Å². The average Bonchev–Trinajstić information content (AvgIpc) is 2.84. The largest absolute Gasteiger partial charge is 0.313 e. The summed E-state index contributed by atoms with van der Waals surface area (Å²) >= 11 is 2.97. The summed E-state index contributed by atoms with van der Waals surface area (Å²) in [6, 6.07) is 4.06. The Hall–Kier alpha value is -0.980. The third kappa shape index (κ3) is 3.76. The quantitative estimate of drug-likeness (QED) is 0.814. The van der Waals surface area contributed by atoms with E-state index < -0.39 is 0 Å². The van der Waals surface area contributed by atoms with E-state index in [1.165, 1.54) is 17.1 Å². The molecular formula is C11H14N4S2. The van der Waals surface area contributed by atoms with Crippen molar-refractivity contribution in [1.29, 1.82) is 0 Å². The maximum atomic E-state index is 4.39. The average molecular weight is 266 g/mol. The van der Waals surface area contributed by atoms with Crippen molar-refractivity contribution in [2.45, 2.75) is 29.3 Å². The predicted molar refractivity (Wildman–Crippen MR) is 70.3 cm³/mol. The first kappa shape index (κ1) is 12.5. The summed E-state index contributed by atoms with van der Waals surface area (Å²) in [6.07, 6.45) is 4.52. The first-order valence-corrected chi connectivity index (χ1v) is 7.08. The lowest BCUT2D eigenvalue weighted by Crippen LogP contribution is -2.14. The number of aromatic nitrogens is 3. The summed E-state index contributed by atoms with van der Waals surface area (Å²) in [5.41, 5.74) is 1.21. The van der Waals surface area contributed by atoms with E-state index >= 15 is 0 Å². The molecule has 0 saturated heterocycles. The van der Waals surface area contributed by atoms with Crippen LogP contribution in [0.25, 0.3) is 0 Å². The highest BCUT2D eigenvalue weighted by atomic mass is 32.2. The van der Waals surface area contributed by atoms with E-state index in [-0.39, 0.29) is 0 Å². The Balaban J connectivity index is 2.05. The van der Waals surface area contributed by atoms with Crippen molar-refractivity contribution >= 4 is 23.3 Å². The van der Waals surface area contributed by atoms with Crippen LogP contribution >= 0.6 is 23.3 Å². The highest BCUT2D eigenvalue weighted by Gasteiger charge is 2.07. The summed E-state index contributed by atoms with van der Waals surface area (Å²) < 4.78 is 4.92. The first-order chi connectivity index (χ1) is 8.40. The van der Waals surface area contributed by atoms with Crippen molar-refractivity contribution < 1.29 is 0 Å². The lowest BCUT2D eigenvalue weighted by Gasteiger charge is -2.07. The van der Waals surface area contributed by atoms with E-state index in [2.05, 4.69) is 32.6 Å². The summed E-state index contributed by atoms with van der Waals surface area (Å²) in [7, 11) is 0. The third-order valence-corrected chi connectivity index (χ3v) is 3.89. The molecule has 0 fully saturated rings. The summed E-state index contributed by atoms with van der Waals surface area (Å²) in [5, 5.41) is 4.39. The van der Waals surface area contributed by atoms with Gasteiger partial charge in [0.25, 0.3) is 0 Å². The van der Waals surface area contributed by atoms with Crippen LogP contribution < -0.4 is 5.32 Å². The van der Waals surface area contributed by atoms with Gasteiger partial charge in [-0.05, 0) is 47.9 Å². The Bertz CT molecular complexity index is 444. The molecule has 90 valence electrons. The SMILES string of the molecule is CCCNCc1cccnc1Sc1ncns1. The van der Waals surface area contributed by atoms with E-state index in [0.717, 1.165) is 28.9 Å². The molecule has 2 heterocycles. The van der Waals surface area contributed by atoms with Gasteiger partial charge in [0, 0.05) is 12.7 Å². The summed E-state index contributed by atoms with van der Waals surface area (Å²) in [6.45, 7) is 4.04. The maximum absolute atomic E-state index is 4.39. The summed E-state index contributed by atoms with van der Waals surface area (Å²) in [5.74, 6) is 0. The van der Waals surface area contributed by atoms with Gasteiger partial charge in [-0.3, -0.25) is 0 Å². The first-order valence-electron chi connectivity index (χ1n) is 5.49. The molecule has 0 aliphatic heterocycles. The van der Waals surface area contributed by atoms with Gasteiger partial charge in [-0.1, -0.05) is 13.0 Å². The smallest absolute Gasteiger partial charge is 0.176 e. The fourth-order valence-electron chi connectivity index (χ4n) is 1.34. The predicted octanol–water partition coefficient (Wildman–Crippen LogP) is 2.58. The van der Waals surface area contributed by atoms with Crippen molar-refractivity contribution in [2.24, 2.45) is 0 Å². The van der Waals surface area contributed by atoms with Crippen molar-refractivity contribution in [3.8, 4) is 0 Å². The molecule has 17 heavy (non-hydrogen) atoms. The number of rotatable bonds is 6. The van der Waals surface area contributed by atoms with Crippen molar-refractivity contribution in [1.82, 2.24) is 19.7 Å². The van der Waals surface area contributed by atoms with Crippen molar-refractivity contribution in [3.63, 3.8) is 0 Å². The zero-order valence-electron chi connectivity index (χ0n) is 9.59. The van der Waals surface area contributed by atoms with Gasteiger partial charge in [0.2, 0.25) is 0 Å². The van der Waals surface area contributed by atoms with Crippen LogP contribution in [-0.2, 0) is 6.54 Å². The maximum Gasteiger partial charge on any atom is 0.176 e. The standard InChI is InChI=1S/C11H14N4S2/c1-2-5-12-7-9-4-3-6-13-10(9)16-11-14-8-15-17-11/h3-4,6,8,12H,2,5,7H2,1H3. The number of nitrogens with zero attached hydrogens (tertiary/aromatic N) is 3. The molecule has 0 spiro atoms. The molecule has 6 heteroatoms. The second-order valence-corrected chi connectivity index (χ2v) is 5.47. The highest BCUT2D eigenvalue weighted by Crippen LogP contribution is 2.28. The Morgan fingerprint density at radius 3 is 3.12 bits per heavy atom. The Kier molecular flexibility index (Phi) is 4.90. The lowest BCUT2D eigenvalue weighted by atomic mass is 10.3. The summed E-state index contributed by atoms with van der Waals surface area (Å²) in [4.78, 5) is 8.55. The molecule has 4 nitrogen and oxygen atoms in total. The van der Waals surface area contributed by atoms with E-state index in [4.69, 9.17) is 0 Å². The van der Waals surface area contributed by atoms with E-state index in [9.17, 15) is 0 Å². The van der Waals surface area contributed by atoms with Gasteiger partial charge in [0.15, 0.2) is 4.34 Å². The molecule has 2 aromatic heterocycles. The zero-order valence-corrected chi connectivity index (χ0v) is 11.2. The number of hydrogen-bond acceptors (Lipinski definition) is 6. The molecule has 0 amide bonds. The van der Waals surface area contributed by atoms with Gasteiger partial charge < -0.3 is 5.32 Å². The molecule has 1 N–H and O–H groups in total. The topological polar surface area (TPSA) is 50.7 Å². The normalized spacial score (nSPS) is 10.6. The van der Waals surface area contributed by atoms with Gasteiger partial charge in [0.1, 0.15) is 11.4 Å². The molecule has 0 aromatic carbocycles. The molecule has 0 aliphatic rings. The minimum absolute atomic E-state index is 0.850. The molecule has 2 rings (SSSR count). The van der Waals surface area contributed by atoms with Crippen LogP contribution in [0.1, 0.15) is 18.9 Å². The van der Waals surface area contributed by atoms with Crippen LogP contribution in [0.4, 0.5) is 0 Å². The second-order valence-electron chi connectivity index (χ2n) is 3.45. The third-order valence-electron chi connectivity index (χ3n) is 2.12. The molecule has 0 unspecified atom stereocenters. The molecular weight excluding hydrogens is 252 g/mol. The minimum Gasteiger partial charge on any atom is -0.313 e. The number of hydrogen-bond donors (Lipinski definition) is 1. The fourth-order valence-corrected chi connectivity index (χ4v) is 2.78. The lowest BCUT2D eigenvalue weighted by molar-refractivity contribution is 0.665. The van der Waals surface area contributed by atoms with Crippen molar-refractivity contribution in [2.75, 3.05) is 6.54 Å². The zero-order chi connectivity index (χ0) is 11.9. The molecule has 0 aliphatic carbocycles. The number of pyridine rings is 1. The highest BCUT2D eigenvalue weighted by molar-refractivity contribution is 8.00. The van der Waals surface area contributed by atoms with Gasteiger partial charge in [0.05, 0.1) is 0 Å². The fraction of sp³-hybridized carbons (Fsp3) is 0.364. The molecule has 2 aromatic rings. The minimum atomic E-state index is 0.850. The van der Waals surface area contributed by atoms with E-state index in [0.29, 0.717) is 0 Å². The van der Waals surface area contributed by atoms with Crippen LogP contribution in [0, 0.1) is 0 Å². The molecule has 0 saturated carbocycles. The van der Waals surface area contributed by atoms with Gasteiger partial charge in [-0.25, -0.2) is 9.97 Å². The molecule has 0 atom stereocenters. The van der Waals surface area contributed by atoms with Crippen LogP contribution in [0.2, 0.25) is 0 Å². The molecule has 0 radical (unpaired) electrons. The van der Waals surface area contributed by atoms with Gasteiger partial charge in [-0.2, -0.15) is 4.37 Å². The Morgan fingerprint density at radius 2 is 2.35 bits per heavy atom. The molecule has 0 bridgehead atoms. The Labute approximate surface area is 109 Å². The number of nitrogens with one attached hydrogen (secondary N) is 1. The second kappa shape index (κ2) is 6.68. The van der Waals surface area contributed by atoms with E-state index in [1.54, 1.807) is 18.1 Å². The van der Waals surface area contributed by atoms with Gasteiger partial charge in [-0.15, -0.1) is 0 Å².